The fourth-order valence-electron chi connectivity index (χ4n) is 1.25. The second kappa shape index (κ2) is 3.55. The maximum atomic E-state index is 5.77. The van der Waals surface area contributed by atoms with Crippen molar-refractivity contribution in [2.24, 2.45) is 5.73 Å². The Hall–Kier alpha value is -1.75. The number of hydrogen-bond donors (Lipinski definition) is 2. The molecule has 2 rings (SSSR count). The van der Waals surface area contributed by atoms with E-state index in [1.54, 1.807) is 0 Å². The van der Waals surface area contributed by atoms with Crippen LogP contribution >= 0.6 is 0 Å². The Morgan fingerprint density at radius 3 is 2.93 bits per heavy atom. The predicted octanol–water partition coefficient (Wildman–Crippen LogP) is 0.886. The molecule has 1 aromatic carbocycles. The number of nitrogens with zero attached hydrogens (tertiary/aromatic N) is 3. The molecule has 0 radical (unpaired) electrons. The second-order valence-electron chi connectivity index (χ2n) is 3.15. The summed E-state index contributed by atoms with van der Waals surface area (Å²) in [6, 6.07) is 7.83. The van der Waals surface area contributed by atoms with Gasteiger partial charge >= 0.3 is 0 Å². The maximum Gasteiger partial charge on any atom is 0.204 e. The molecule has 0 fully saturated rings. The molecular weight excluding hydrogens is 178 g/mol. The number of nitrogens with two attached hydrogens (primary N) is 1. The van der Waals surface area contributed by atoms with E-state index in [4.69, 9.17) is 5.73 Å². The molecule has 5 heteroatoms. The first-order valence-electron chi connectivity index (χ1n) is 4.37. The Bertz CT molecular complexity index is 407. The molecule has 3 N–H and O–H groups in total. The van der Waals surface area contributed by atoms with Gasteiger partial charge in [0.25, 0.3) is 0 Å². The van der Waals surface area contributed by atoms with Crippen LogP contribution in [0.25, 0.3) is 11.4 Å². The fourth-order valence-corrected chi connectivity index (χ4v) is 1.25. The molecule has 1 atom stereocenters. The summed E-state index contributed by atoms with van der Waals surface area (Å²) in [6.45, 7) is 1.94. The highest BCUT2D eigenvalue weighted by molar-refractivity contribution is 5.55. The maximum absolute atomic E-state index is 5.77. The Labute approximate surface area is 81.3 Å². The standard InChI is InChI=1S/C9H11N5/c1-6(10)7-3-2-4-8(5-7)9-11-13-14-12-9/h2-6H,10H2,1H3,(H,11,12,13,14). The molecule has 2 aromatic rings. The Morgan fingerprint density at radius 2 is 2.29 bits per heavy atom. The number of tetrazole rings is 1. The van der Waals surface area contributed by atoms with Gasteiger partial charge in [0.1, 0.15) is 0 Å². The molecule has 72 valence electrons. The van der Waals surface area contributed by atoms with Gasteiger partial charge in [0.05, 0.1) is 0 Å². The third-order valence-electron chi connectivity index (χ3n) is 2.02. The van der Waals surface area contributed by atoms with Crippen molar-refractivity contribution < 1.29 is 0 Å². The second-order valence-corrected chi connectivity index (χ2v) is 3.15. The summed E-state index contributed by atoms with van der Waals surface area (Å²) in [6.07, 6.45) is 0. The van der Waals surface area contributed by atoms with Crippen molar-refractivity contribution in [2.45, 2.75) is 13.0 Å². The SMILES string of the molecule is CC(N)c1cccc(-c2nn[nH]n2)c1. The molecule has 1 unspecified atom stereocenters. The van der Waals surface area contributed by atoms with E-state index in [2.05, 4.69) is 20.6 Å². The number of nitrogens with one attached hydrogen (secondary N) is 1. The van der Waals surface area contributed by atoms with Crippen LogP contribution in [0.3, 0.4) is 0 Å². The molecule has 0 amide bonds. The molecule has 0 aliphatic heterocycles. The minimum absolute atomic E-state index is 0.0156. The van der Waals surface area contributed by atoms with Gasteiger partial charge in [-0.1, -0.05) is 18.2 Å². The monoisotopic (exact) mass is 189 g/mol. The van der Waals surface area contributed by atoms with Crippen molar-refractivity contribution in [1.29, 1.82) is 0 Å². The number of rotatable bonds is 2. The van der Waals surface area contributed by atoms with Crippen molar-refractivity contribution in [3.8, 4) is 11.4 Å². The zero-order valence-electron chi connectivity index (χ0n) is 7.81. The molecule has 0 aliphatic carbocycles. The topological polar surface area (TPSA) is 80.5 Å². The molecule has 1 aromatic heterocycles. The van der Waals surface area contributed by atoms with E-state index in [-0.39, 0.29) is 6.04 Å². The van der Waals surface area contributed by atoms with Crippen LogP contribution in [0.2, 0.25) is 0 Å². The Kier molecular flexibility index (Phi) is 2.24. The van der Waals surface area contributed by atoms with Crippen molar-refractivity contribution in [2.75, 3.05) is 0 Å². The van der Waals surface area contributed by atoms with Crippen molar-refractivity contribution in [3.63, 3.8) is 0 Å². The molecule has 1 heterocycles. The summed E-state index contributed by atoms with van der Waals surface area (Å²) >= 11 is 0. The lowest BCUT2D eigenvalue weighted by atomic mass is 10.1. The summed E-state index contributed by atoms with van der Waals surface area (Å²) in [5.74, 6) is 0.590. The quantitative estimate of drug-likeness (QED) is 0.735. The molecule has 0 saturated carbocycles. The first-order chi connectivity index (χ1) is 6.77. The van der Waals surface area contributed by atoms with Crippen molar-refractivity contribution in [1.82, 2.24) is 20.6 Å². The van der Waals surface area contributed by atoms with Gasteiger partial charge in [0, 0.05) is 11.6 Å². The average molecular weight is 189 g/mol. The first kappa shape index (κ1) is 8.83. The zero-order chi connectivity index (χ0) is 9.97. The number of H-pyrrole nitrogens is 1. The highest BCUT2D eigenvalue weighted by atomic mass is 15.5. The lowest BCUT2D eigenvalue weighted by Crippen LogP contribution is -2.04. The molecule has 14 heavy (non-hydrogen) atoms. The minimum atomic E-state index is 0.0156. The van der Waals surface area contributed by atoms with Crippen LogP contribution < -0.4 is 5.73 Å². The van der Waals surface area contributed by atoms with Crippen LogP contribution in [0, 0.1) is 0 Å². The van der Waals surface area contributed by atoms with Gasteiger partial charge in [0.15, 0.2) is 0 Å². The highest BCUT2D eigenvalue weighted by Crippen LogP contribution is 2.18. The van der Waals surface area contributed by atoms with E-state index in [9.17, 15) is 0 Å². The van der Waals surface area contributed by atoms with Crippen molar-refractivity contribution in [3.05, 3.63) is 29.8 Å². The summed E-state index contributed by atoms with van der Waals surface area (Å²) in [5.41, 5.74) is 7.76. The van der Waals surface area contributed by atoms with Gasteiger partial charge < -0.3 is 5.73 Å². The van der Waals surface area contributed by atoms with Gasteiger partial charge in [-0.05, 0) is 23.8 Å². The van der Waals surface area contributed by atoms with E-state index in [1.807, 2.05) is 31.2 Å². The van der Waals surface area contributed by atoms with Crippen LogP contribution in [-0.2, 0) is 0 Å². The fraction of sp³-hybridized carbons (Fsp3) is 0.222. The molecule has 5 nitrogen and oxygen atoms in total. The molecule has 0 spiro atoms. The Morgan fingerprint density at radius 1 is 1.43 bits per heavy atom. The predicted molar refractivity (Wildman–Crippen MR) is 52.2 cm³/mol. The smallest absolute Gasteiger partial charge is 0.204 e. The highest BCUT2D eigenvalue weighted by Gasteiger charge is 2.05. The minimum Gasteiger partial charge on any atom is -0.324 e. The lowest BCUT2D eigenvalue weighted by molar-refractivity contribution is 0.818. The summed E-state index contributed by atoms with van der Waals surface area (Å²) < 4.78 is 0. The first-order valence-corrected chi connectivity index (χ1v) is 4.37. The van der Waals surface area contributed by atoms with Gasteiger partial charge in [-0.2, -0.15) is 5.21 Å². The van der Waals surface area contributed by atoms with Crippen LogP contribution in [0.4, 0.5) is 0 Å². The zero-order valence-corrected chi connectivity index (χ0v) is 7.81. The summed E-state index contributed by atoms with van der Waals surface area (Å²) in [4.78, 5) is 0. The van der Waals surface area contributed by atoms with Gasteiger partial charge in [-0.15, -0.1) is 10.2 Å². The Balaban J connectivity index is 2.41. The van der Waals surface area contributed by atoms with Gasteiger partial charge in [0.2, 0.25) is 5.82 Å². The van der Waals surface area contributed by atoms with E-state index in [0.717, 1.165) is 11.1 Å². The van der Waals surface area contributed by atoms with Gasteiger partial charge in [-0.3, -0.25) is 0 Å². The third-order valence-corrected chi connectivity index (χ3v) is 2.02. The summed E-state index contributed by atoms with van der Waals surface area (Å²) in [7, 11) is 0. The van der Waals surface area contributed by atoms with E-state index in [0.29, 0.717) is 5.82 Å². The van der Waals surface area contributed by atoms with E-state index < -0.39 is 0 Å². The van der Waals surface area contributed by atoms with E-state index in [1.165, 1.54) is 0 Å². The number of aromatic nitrogens is 4. The van der Waals surface area contributed by atoms with Crippen LogP contribution in [0.5, 0.6) is 0 Å². The van der Waals surface area contributed by atoms with Crippen LogP contribution in [0.15, 0.2) is 24.3 Å². The largest absolute Gasteiger partial charge is 0.324 e. The molecule has 0 aliphatic rings. The normalized spacial score (nSPS) is 12.7. The van der Waals surface area contributed by atoms with Crippen LogP contribution in [-0.4, -0.2) is 20.6 Å². The average Bonchev–Trinajstić information content (AvgIpc) is 2.71. The lowest BCUT2D eigenvalue weighted by Gasteiger charge is -2.05. The van der Waals surface area contributed by atoms with Gasteiger partial charge in [-0.25, -0.2) is 0 Å². The van der Waals surface area contributed by atoms with Crippen LogP contribution in [0.1, 0.15) is 18.5 Å². The molecule has 0 saturated heterocycles. The number of aromatic amines is 1. The van der Waals surface area contributed by atoms with Crippen molar-refractivity contribution >= 4 is 0 Å². The summed E-state index contributed by atoms with van der Waals surface area (Å²) in [5, 5.41) is 13.7. The third kappa shape index (κ3) is 1.62. The number of benzene rings is 1. The molecular formula is C9H11N5. The number of hydrogen-bond acceptors (Lipinski definition) is 4. The molecule has 0 bridgehead atoms. The van der Waals surface area contributed by atoms with E-state index >= 15 is 0 Å².